The smallest absolute Gasteiger partial charge is 0.169 e. The van der Waals surface area contributed by atoms with E-state index in [-0.39, 0.29) is 0 Å². The first-order valence-electron chi connectivity index (χ1n) is 5.54. The van der Waals surface area contributed by atoms with Crippen molar-refractivity contribution in [2.45, 2.75) is 20.0 Å². The van der Waals surface area contributed by atoms with Crippen LogP contribution in [-0.4, -0.2) is 22.1 Å². The Morgan fingerprint density at radius 1 is 1.29 bits per heavy atom. The Labute approximate surface area is 100 Å². The minimum absolute atomic E-state index is 0.494. The maximum atomic E-state index is 5.75. The van der Waals surface area contributed by atoms with Gasteiger partial charge in [0.05, 0.1) is 18.0 Å². The number of nitrogens with zero attached hydrogens (tertiary/aromatic N) is 3. The monoisotopic (exact) mass is 232 g/mol. The van der Waals surface area contributed by atoms with Gasteiger partial charge in [0.2, 0.25) is 0 Å². The molecular weight excluding hydrogens is 216 g/mol. The first-order valence-corrected chi connectivity index (χ1v) is 5.54. The summed E-state index contributed by atoms with van der Waals surface area (Å²) in [5, 5.41) is 7.93. The fourth-order valence-electron chi connectivity index (χ4n) is 1.75. The molecule has 0 fully saturated rings. The average Bonchev–Trinajstić information content (AvgIpc) is 2.72. The van der Waals surface area contributed by atoms with Crippen molar-refractivity contribution in [2.75, 3.05) is 12.8 Å². The zero-order chi connectivity index (χ0) is 12.3. The van der Waals surface area contributed by atoms with Crippen LogP contribution in [-0.2, 0) is 17.8 Å². The third kappa shape index (κ3) is 2.29. The third-order valence-corrected chi connectivity index (χ3v) is 2.62. The molecule has 1 aromatic carbocycles. The van der Waals surface area contributed by atoms with E-state index in [1.165, 1.54) is 0 Å². The number of hydrogen-bond donors (Lipinski definition) is 1. The molecule has 0 radical (unpaired) electrons. The zero-order valence-electron chi connectivity index (χ0n) is 10.1. The van der Waals surface area contributed by atoms with Crippen molar-refractivity contribution in [3.8, 4) is 5.69 Å². The van der Waals surface area contributed by atoms with Crippen LogP contribution >= 0.6 is 0 Å². The highest BCUT2D eigenvalue weighted by molar-refractivity contribution is 5.41. The largest absolute Gasteiger partial charge is 0.381 e. The van der Waals surface area contributed by atoms with Crippen molar-refractivity contribution < 1.29 is 4.74 Å². The molecule has 2 aromatic rings. The predicted molar refractivity (Wildman–Crippen MR) is 65.9 cm³/mol. The number of methoxy groups -OCH3 is 1. The van der Waals surface area contributed by atoms with Gasteiger partial charge in [0.25, 0.3) is 0 Å². The first-order chi connectivity index (χ1) is 8.26. The Hall–Kier alpha value is -1.88. The molecule has 0 saturated carbocycles. The fourth-order valence-corrected chi connectivity index (χ4v) is 1.75. The Balaban J connectivity index is 2.33. The number of rotatable bonds is 4. The lowest BCUT2D eigenvalue weighted by Crippen LogP contribution is -2.02. The van der Waals surface area contributed by atoms with E-state index in [9.17, 15) is 0 Å². The molecule has 90 valence electrons. The van der Waals surface area contributed by atoms with Gasteiger partial charge in [0.15, 0.2) is 5.82 Å². The molecule has 0 aliphatic carbocycles. The Bertz CT molecular complexity index is 490. The highest BCUT2D eigenvalue weighted by Gasteiger charge is 2.09. The van der Waals surface area contributed by atoms with Gasteiger partial charge in [0, 0.05) is 7.11 Å². The third-order valence-electron chi connectivity index (χ3n) is 2.62. The summed E-state index contributed by atoms with van der Waals surface area (Å²) in [5.74, 6) is 0.494. The molecule has 1 heterocycles. The lowest BCUT2D eigenvalue weighted by atomic mass is 10.2. The van der Waals surface area contributed by atoms with E-state index in [4.69, 9.17) is 10.5 Å². The summed E-state index contributed by atoms with van der Waals surface area (Å²) in [6.07, 6.45) is 0.804. The summed E-state index contributed by atoms with van der Waals surface area (Å²) < 4.78 is 6.84. The summed E-state index contributed by atoms with van der Waals surface area (Å²) in [6.45, 7) is 2.64. The van der Waals surface area contributed by atoms with Crippen molar-refractivity contribution in [1.82, 2.24) is 15.0 Å². The van der Waals surface area contributed by atoms with Crippen LogP contribution in [0.2, 0.25) is 0 Å². The van der Waals surface area contributed by atoms with Crippen molar-refractivity contribution in [2.24, 2.45) is 0 Å². The molecule has 0 saturated heterocycles. The maximum absolute atomic E-state index is 5.75. The molecule has 0 aliphatic heterocycles. The maximum Gasteiger partial charge on any atom is 0.169 e. The molecule has 0 unspecified atom stereocenters. The molecule has 0 spiro atoms. The first kappa shape index (κ1) is 11.6. The van der Waals surface area contributed by atoms with Gasteiger partial charge in [-0.1, -0.05) is 24.3 Å². The topological polar surface area (TPSA) is 66.0 Å². The van der Waals surface area contributed by atoms with Gasteiger partial charge < -0.3 is 10.5 Å². The minimum Gasteiger partial charge on any atom is -0.381 e. The molecule has 2 N–H and O–H groups in total. The van der Waals surface area contributed by atoms with Gasteiger partial charge in [-0.05, 0) is 24.1 Å². The summed E-state index contributed by atoms with van der Waals surface area (Å²) >= 11 is 0. The summed E-state index contributed by atoms with van der Waals surface area (Å²) in [4.78, 5) is 0. The molecule has 5 heteroatoms. The Morgan fingerprint density at radius 2 is 2.00 bits per heavy atom. The van der Waals surface area contributed by atoms with E-state index in [2.05, 4.69) is 10.3 Å². The van der Waals surface area contributed by atoms with Crippen LogP contribution in [0.4, 0.5) is 5.82 Å². The molecule has 0 atom stereocenters. The number of aromatic nitrogens is 3. The van der Waals surface area contributed by atoms with Crippen molar-refractivity contribution in [3.63, 3.8) is 0 Å². The molecule has 5 nitrogen and oxygen atoms in total. The van der Waals surface area contributed by atoms with Crippen molar-refractivity contribution >= 4 is 5.82 Å². The van der Waals surface area contributed by atoms with E-state index >= 15 is 0 Å². The van der Waals surface area contributed by atoms with Gasteiger partial charge in [-0.15, -0.1) is 5.10 Å². The molecule has 0 aliphatic rings. The van der Waals surface area contributed by atoms with Gasteiger partial charge >= 0.3 is 0 Å². The molecule has 0 amide bonds. The summed E-state index contributed by atoms with van der Waals surface area (Å²) in [5.41, 5.74) is 8.78. The Morgan fingerprint density at radius 3 is 2.59 bits per heavy atom. The highest BCUT2D eigenvalue weighted by Crippen LogP contribution is 2.15. The number of nitrogen functional groups attached to an aromatic ring is 1. The normalized spacial score (nSPS) is 10.7. The standard InChI is InChI=1S/C12H16N4O/c1-3-11-12(13)14-15-16(11)10-6-4-9(5-7-10)8-17-2/h4-7H,3,8,13H2,1-2H3. The quantitative estimate of drug-likeness (QED) is 0.868. The van der Waals surface area contributed by atoms with Crippen LogP contribution in [0.5, 0.6) is 0 Å². The SMILES string of the molecule is CCc1c(N)nnn1-c1ccc(COC)cc1. The predicted octanol–water partition coefficient (Wildman–Crippen LogP) is 1.56. The molecule has 2 rings (SSSR count). The van der Waals surface area contributed by atoms with E-state index in [1.807, 2.05) is 31.2 Å². The molecular formula is C12H16N4O. The second-order valence-corrected chi connectivity index (χ2v) is 3.79. The van der Waals surface area contributed by atoms with Gasteiger partial charge in [-0.3, -0.25) is 0 Å². The highest BCUT2D eigenvalue weighted by atomic mass is 16.5. The lowest BCUT2D eigenvalue weighted by Gasteiger charge is -2.06. The minimum atomic E-state index is 0.494. The second kappa shape index (κ2) is 4.97. The van der Waals surface area contributed by atoms with Gasteiger partial charge in [0.1, 0.15) is 0 Å². The van der Waals surface area contributed by atoms with Crippen LogP contribution < -0.4 is 5.73 Å². The second-order valence-electron chi connectivity index (χ2n) is 3.79. The number of ether oxygens (including phenoxy) is 1. The Kier molecular flexibility index (Phi) is 3.39. The summed E-state index contributed by atoms with van der Waals surface area (Å²) in [6, 6.07) is 8.00. The molecule has 17 heavy (non-hydrogen) atoms. The van der Waals surface area contributed by atoms with Crippen LogP contribution in [0.3, 0.4) is 0 Å². The molecule has 0 bridgehead atoms. The number of nitrogens with two attached hydrogens (primary N) is 1. The fraction of sp³-hybridized carbons (Fsp3) is 0.333. The van der Waals surface area contributed by atoms with Crippen molar-refractivity contribution in [1.29, 1.82) is 0 Å². The number of anilines is 1. The van der Waals surface area contributed by atoms with Gasteiger partial charge in [-0.2, -0.15) is 0 Å². The zero-order valence-corrected chi connectivity index (χ0v) is 10.1. The van der Waals surface area contributed by atoms with Gasteiger partial charge in [-0.25, -0.2) is 4.68 Å². The van der Waals surface area contributed by atoms with Crippen LogP contribution in [0.1, 0.15) is 18.2 Å². The van der Waals surface area contributed by atoms with Crippen LogP contribution in [0.25, 0.3) is 5.69 Å². The summed E-state index contributed by atoms with van der Waals surface area (Å²) in [7, 11) is 1.68. The van der Waals surface area contributed by atoms with Crippen LogP contribution in [0, 0.1) is 0 Å². The number of benzene rings is 1. The van der Waals surface area contributed by atoms with Crippen LogP contribution in [0.15, 0.2) is 24.3 Å². The molecule has 1 aromatic heterocycles. The van der Waals surface area contributed by atoms with E-state index in [0.717, 1.165) is 23.4 Å². The van der Waals surface area contributed by atoms with Crippen molar-refractivity contribution in [3.05, 3.63) is 35.5 Å². The van der Waals surface area contributed by atoms with E-state index < -0.39 is 0 Å². The van der Waals surface area contributed by atoms with E-state index in [1.54, 1.807) is 11.8 Å². The van der Waals surface area contributed by atoms with E-state index in [0.29, 0.717) is 12.4 Å². The average molecular weight is 232 g/mol. The lowest BCUT2D eigenvalue weighted by molar-refractivity contribution is 0.185. The number of hydrogen-bond acceptors (Lipinski definition) is 4.